The van der Waals surface area contributed by atoms with Crippen LogP contribution in [0.4, 0.5) is 8.78 Å². The van der Waals surface area contributed by atoms with E-state index in [0.29, 0.717) is 89.6 Å². The van der Waals surface area contributed by atoms with Gasteiger partial charge in [0.2, 0.25) is 5.79 Å². The summed E-state index contributed by atoms with van der Waals surface area (Å²) in [6, 6.07) is -1.19. The molecule has 18 heteroatoms. The lowest BCUT2D eigenvalue weighted by Crippen LogP contribution is -2.60. The number of amides is 1. The summed E-state index contributed by atoms with van der Waals surface area (Å²) in [5.41, 5.74) is 1.19. The number of hydrogen-bond donors (Lipinski definition) is 2. The standard InChI is InChI=1S/C52H77F2NO15/c1-33-14-10-8-6-7-9-11-16-42(57)47(64-5)46(58)34(2)17-21-37(56)29-38(23-19-36-20-24-43(69-51(53)54)45(28-36)63-4)68-50(61)41-15-12-13-25-55(41)49(60)48(59)52(62)35(3)18-22-39(70-52)30-44(33)67-27-26-66-40-31-65-32-40/h6-8,10,14,17,35-36,38-41,43-47,51,58,62H,9,11-13,15-16,18-32H2,1-5H3/b7-6+,10-8+,33-14+,34-17+/t35-,36-,38-,39+,41+,43-,44-,45-,46-,47+,52-/m1/s1. The number of rotatable bonds is 12. The van der Waals surface area contributed by atoms with E-state index in [4.69, 9.17) is 37.9 Å². The number of aliphatic hydroxyl groups is 2. The van der Waals surface area contributed by atoms with Gasteiger partial charge in [-0.05, 0) is 108 Å². The Labute approximate surface area is 411 Å². The van der Waals surface area contributed by atoms with Gasteiger partial charge in [0.05, 0.1) is 50.8 Å². The summed E-state index contributed by atoms with van der Waals surface area (Å²) in [6.07, 6.45) is 9.98. The van der Waals surface area contributed by atoms with E-state index < -0.39 is 84.7 Å². The van der Waals surface area contributed by atoms with Crippen molar-refractivity contribution in [3.8, 4) is 0 Å². The van der Waals surface area contributed by atoms with Gasteiger partial charge in [-0.15, -0.1) is 0 Å². The van der Waals surface area contributed by atoms with Gasteiger partial charge >= 0.3 is 12.6 Å². The number of hydrogen-bond acceptors (Lipinski definition) is 15. The quantitative estimate of drug-likeness (QED) is 0.0964. The zero-order valence-corrected chi connectivity index (χ0v) is 41.6. The molecule has 70 heavy (non-hydrogen) atoms. The Hall–Kier alpha value is -3.59. The van der Waals surface area contributed by atoms with E-state index in [1.807, 2.05) is 37.3 Å². The van der Waals surface area contributed by atoms with Crippen LogP contribution in [0.25, 0.3) is 0 Å². The maximum absolute atomic E-state index is 14.3. The third-order valence-electron chi connectivity index (χ3n) is 14.4. The van der Waals surface area contributed by atoms with Gasteiger partial charge in [0.25, 0.3) is 11.7 Å². The molecule has 394 valence electrons. The lowest BCUT2D eigenvalue weighted by Gasteiger charge is -2.42. The van der Waals surface area contributed by atoms with Gasteiger partial charge in [0.1, 0.15) is 36.2 Å². The molecule has 1 saturated carbocycles. The third kappa shape index (κ3) is 16.7. The van der Waals surface area contributed by atoms with Crippen LogP contribution in [-0.4, -0.2) is 159 Å². The number of ketones is 3. The van der Waals surface area contributed by atoms with Gasteiger partial charge in [0, 0.05) is 52.4 Å². The van der Waals surface area contributed by atoms with Gasteiger partial charge in [-0.2, -0.15) is 8.78 Å². The number of cyclic esters (lactones) is 1. The van der Waals surface area contributed by atoms with Crippen LogP contribution < -0.4 is 0 Å². The van der Waals surface area contributed by atoms with Crippen molar-refractivity contribution in [2.45, 2.75) is 191 Å². The molecule has 3 saturated heterocycles. The molecule has 2 bridgehead atoms. The minimum absolute atomic E-state index is 0.0101. The fraction of sp³-hybridized carbons (Fsp3) is 0.750. The van der Waals surface area contributed by atoms with Crippen LogP contribution in [0.5, 0.6) is 0 Å². The van der Waals surface area contributed by atoms with Crippen LogP contribution in [0.1, 0.15) is 124 Å². The second kappa shape index (κ2) is 28.6. The molecule has 0 unspecified atom stereocenters. The van der Waals surface area contributed by atoms with Crippen molar-refractivity contribution in [1.29, 1.82) is 0 Å². The Balaban J connectivity index is 1.39. The Morgan fingerprint density at radius 2 is 1.64 bits per heavy atom. The van der Waals surface area contributed by atoms with E-state index in [1.54, 1.807) is 13.8 Å². The molecule has 0 aromatic rings. The highest BCUT2D eigenvalue weighted by atomic mass is 19.3. The first-order valence-corrected chi connectivity index (χ1v) is 25.2. The lowest BCUT2D eigenvalue weighted by molar-refractivity contribution is -0.266. The van der Waals surface area contributed by atoms with E-state index in [1.165, 1.54) is 20.3 Å². The molecule has 4 fully saturated rings. The molecule has 0 aromatic carbocycles. The first-order valence-electron chi connectivity index (χ1n) is 25.2. The number of allylic oxidation sites excluding steroid dienone is 6. The molecule has 2 N–H and O–H groups in total. The topological polar surface area (TPSA) is 203 Å². The minimum Gasteiger partial charge on any atom is -0.460 e. The summed E-state index contributed by atoms with van der Waals surface area (Å²) in [7, 11) is 2.77. The number of Topliss-reactive ketones (excluding diaryl/α,β-unsaturated/α-hetero) is 3. The predicted octanol–water partition coefficient (Wildman–Crippen LogP) is 6.23. The second-order valence-electron chi connectivity index (χ2n) is 19.5. The van der Waals surface area contributed by atoms with Crippen molar-refractivity contribution in [2.24, 2.45) is 11.8 Å². The average molecular weight is 994 g/mol. The fourth-order valence-corrected chi connectivity index (χ4v) is 9.89. The van der Waals surface area contributed by atoms with Crippen molar-refractivity contribution < 1.29 is 80.9 Å². The van der Waals surface area contributed by atoms with Crippen LogP contribution in [0, 0.1) is 11.8 Å². The van der Waals surface area contributed by atoms with Crippen LogP contribution >= 0.6 is 0 Å². The summed E-state index contributed by atoms with van der Waals surface area (Å²) in [5.74, 6) is -6.97. The van der Waals surface area contributed by atoms with Crippen molar-refractivity contribution in [3.63, 3.8) is 0 Å². The van der Waals surface area contributed by atoms with E-state index in [2.05, 4.69) is 0 Å². The maximum atomic E-state index is 14.3. The Morgan fingerprint density at radius 1 is 0.871 bits per heavy atom. The van der Waals surface area contributed by atoms with Crippen LogP contribution in [0.2, 0.25) is 0 Å². The first-order chi connectivity index (χ1) is 33.5. The van der Waals surface area contributed by atoms with E-state index in [-0.39, 0.29) is 75.3 Å². The predicted molar refractivity (Wildman–Crippen MR) is 251 cm³/mol. The molecule has 1 aliphatic carbocycles. The van der Waals surface area contributed by atoms with Gasteiger partial charge in [-0.3, -0.25) is 19.2 Å². The van der Waals surface area contributed by atoms with Gasteiger partial charge in [-0.1, -0.05) is 43.4 Å². The summed E-state index contributed by atoms with van der Waals surface area (Å²) in [4.78, 5) is 70.9. The van der Waals surface area contributed by atoms with Crippen LogP contribution in [-0.2, 0) is 61.9 Å². The van der Waals surface area contributed by atoms with Crippen molar-refractivity contribution in [1.82, 2.24) is 4.90 Å². The number of piperidine rings is 1. The summed E-state index contributed by atoms with van der Waals surface area (Å²) >= 11 is 0. The second-order valence-corrected chi connectivity index (χ2v) is 19.5. The third-order valence-corrected chi connectivity index (χ3v) is 14.4. The van der Waals surface area contributed by atoms with Crippen molar-refractivity contribution in [2.75, 3.05) is 47.2 Å². The number of aliphatic hydroxyl groups excluding tert-OH is 1. The number of methoxy groups -OCH3 is 2. The lowest BCUT2D eigenvalue weighted by atomic mass is 9.81. The molecule has 0 aromatic heterocycles. The normalized spacial score (nSPS) is 36.0. The van der Waals surface area contributed by atoms with Crippen molar-refractivity contribution >= 4 is 29.2 Å². The molecule has 5 rings (SSSR count). The van der Waals surface area contributed by atoms with E-state index in [9.17, 15) is 43.0 Å². The number of halogens is 2. The van der Waals surface area contributed by atoms with Crippen LogP contribution in [0.15, 0.2) is 47.6 Å². The number of nitrogens with zero attached hydrogens (tertiary/aromatic N) is 1. The highest BCUT2D eigenvalue weighted by molar-refractivity contribution is 6.39. The minimum atomic E-state index is -2.95. The number of esters is 1. The molecule has 16 nitrogen and oxygen atoms in total. The highest BCUT2D eigenvalue weighted by Gasteiger charge is 2.53. The van der Waals surface area contributed by atoms with Crippen molar-refractivity contribution in [3.05, 3.63) is 47.6 Å². The van der Waals surface area contributed by atoms with Crippen LogP contribution in [0.3, 0.4) is 0 Å². The average Bonchev–Trinajstić information content (AvgIpc) is 3.32. The molecular formula is C52H77F2NO15. The first kappa shape index (κ1) is 57.3. The molecule has 0 radical (unpaired) electrons. The Kier molecular flexibility index (Phi) is 23.4. The Morgan fingerprint density at radius 3 is 2.36 bits per heavy atom. The van der Waals surface area contributed by atoms with E-state index >= 15 is 0 Å². The fourth-order valence-electron chi connectivity index (χ4n) is 9.89. The van der Waals surface area contributed by atoms with Gasteiger partial charge < -0.3 is 53.0 Å². The smallest absolute Gasteiger partial charge is 0.345 e. The zero-order chi connectivity index (χ0) is 50.8. The monoisotopic (exact) mass is 994 g/mol. The molecule has 0 spiro atoms. The molecule has 4 heterocycles. The molecule has 11 atom stereocenters. The molecule has 5 aliphatic rings. The SMILES string of the molecule is CO[C@@H]1C[C@H](CC[C@@H]2CC(=O)C/C=C(\C)[C@@H](O)[C@@H](OC)C(=O)CCC/C=C/C=C/C=C(\C)[C@H](OCCOC3COC3)C[C@@H]3CC[C@@H](C)[C@@](O)(O3)C(=O)C(=O)N3CCCC[C@H]3C(=O)O2)CC[C@H]1OC(F)F. The number of carbonyl (C=O) groups is 5. The number of alkyl halides is 2. The largest absolute Gasteiger partial charge is 0.460 e. The molecule has 4 aliphatic heterocycles. The maximum Gasteiger partial charge on any atom is 0.345 e. The summed E-state index contributed by atoms with van der Waals surface area (Å²) < 4.78 is 71.7. The highest BCUT2D eigenvalue weighted by Crippen LogP contribution is 2.37. The zero-order valence-electron chi connectivity index (χ0n) is 41.6. The Bertz CT molecular complexity index is 1850. The number of carbonyl (C=O) groups excluding carboxylic acids is 5. The van der Waals surface area contributed by atoms with Gasteiger partial charge in [0.15, 0.2) is 5.78 Å². The summed E-state index contributed by atoms with van der Waals surface area (Å²) in [5, 5.41) is 23.2. The number of fused-ring (bicyclic) bond motifs is 3. The molecular weight excluding hydrogens is 917 g/mol. The summed E-state index contributed by atoms with van der Waals surface area (Å²) in [6.45, 7) is 3.87. The van der Waals surface area contributed by atoms with Gasteiger partial charge in [-0.25, -0.2) is 4.79 Å². The van der Waals surface area contributed by atoms with E-state index in [0.717, 1.165) is 10.5 Å². The number of ether oxygens (including phenoxy) is 8. The molecule has 1 amide bonds.